The molecule has 4 heteroatoms. The molecule has 1 saturated heterocycles. The number of hydrogen-bond acceptors (Lipinski definition) is 3. The van der Waals surface area contributed by atoms with Crippen LogP contribution in [0.1, 0.15) is 61.9 Å². The summed E-state index contributed by atoms with van der Waals surface area (Å²) in [4.78, 5) is 26.6. The van der Waals surface area contributed by atoms with Crippen LogP contribution in [0.5, 0.6) is 0 Å². The van der Waals surface area contributed by atoms with E-state index in [1.807, 2.05) is 29.2 Å². The number of carbonyl (C=O) groups is 2. The molecule has 0 radical (unpaired) electrons. The SMILES string of the molecule is CC(C)Cc1ccc(C(=O)CCC(=O)N2CCCCC2CN)cc1. The number of hydrogen-bond donors (Lipinski definition) is 1. The first-order chi connectivity index (χ1) is 11.5. The number of carbonyl (C=O) groups excluding carboxylic acids is 2. The Balaban J connectivity index is 1.86. The van der Waals surface area contributed by atoms with Gasteiger partial charge in [0.05, 0.1) is 0 Å². The molecule has 2 rings (SSSR count). The molecule has 1 amide bonds. The molecule has 132 valence electrons. The Hall–Kier alpha value is -1.68. The number of ketones is 1. The fraction of sp³-hybridized carbons (Fsp3) is 0.600. The normalized spacial score (nSPS) is 18.0. The van der Waals surface area contributed by atoms with Crippen molar-refractivity contribution in [1.29, 1.82) is 0 Å². The smallest absolute Gasteiger partial charge is 0.223 e. The van der Waals surface area contributed by atoms with E-state index >= 15 is 0 Å². The number of rotatable bonds is 7. The predicted octanol–water partition coefficient (Wildman–Crippen LogP) is 3.19. The second-order valence-electron chi connectivity index (χ2n) is 7.19. The lowest BCUT2D eigenvalue weighted by Gasteiger charge is -2.35. The highest BCUT2D eigenvalue weighted by Gasteiger charge is 2.25. The van der Waals surface area contributed by atoms with Gasteiger partial charge in [-0.3, -0.25) is 9.59 Å². The van der Waals surface area contributed by atoms with Gasteiger partial charge < -0.3 is 10.6 Å². The molecule has 0 saturated carbocycles. The van der Waals surface area contributed by atoms with Crippen molar-refractivity contribution in [2.24, 2.45) is 11.7 Å². The minimum atomic E-state index is 0.0424. The van der Waals surface area contributed by atoms with Gasteiger partial charge in [0.2, 0.25) is 5.91 Å². The summed E-state index contributed by atoms with van der Waals surface area (Å²) in [6.45, 7) is 5.65. The summed E-state index contributed by atoms with van der Waals surface area (Å²) in [6.07, 6.45) is 4.72. The van der Waals surface area contributed by atoms with E-state index in [0.29, 0.717) is 18.0 Å². The van der Waals surface area contributed by atoms with Crippen molar-refractivity contribution in [3.63, 3.8) is 0 Å². The third-order valence-corrected chi connectivity index (χ3v) is 4.71. The molecule has 1 heterocycles. The summed E-state index contributed by atoms with van der Waals surface area (Å²) < 4.78 is 0. The zero-order valence-corrected chi connectivity index (χ0v) is 15.0. The molecule has 1 fully saturated rings. The van der Waals surface area contributed by atoms with Crippen LogP contribution in [0.25, 0.3) is 0 Å². The average Bonchev–Trinajstić information content (AvgIpc) is 2.59. The summed E-state index contributed by atoms with van der Waals surface area (Å²) in [5.74, 6) is 0.708. The van der Waals surface area contributed by atoms with Gasteiger partial charge in [-0.05, 0) is 37.2 Å². The Morgan fingerprint density at radius 2 is 1.88 bits per heavy atom. The fourth-order valence-electron chi connectivity index (χ4n) is 3.38. The van der Waals surface area contributed by atoms with Gasteiger partial charge in [0.15, 0.2) is 5.78 Å². The monoisotopic (exact) mass is 330 g/mol. The topological polar surface area (TPSA) is 63.4 Å². The number of Topliss-reactive ketones (excluding diaryl/α,β-unsaturated/α-hetero) is 1. The highest BCUT2D eigenvalue weighted by molar-refractivity contribution is 5.98. The van der Waals surface area contributed by atoms with Crippen LogP contribution < -0.4 is 5.73 Å². The Morgan fingerprint density at radius 1 is 1.17 bits per heavy atom. The molecule has 2 N–H and O–H groups in total. The third kappa shape index (κ3) is 5.17. The van der Waals surface area contributed by atoms with Gasteiger partial charge in [0.1, 0.15) is 0 Å². The number of nitrogens with zero attached hydrogens (tertiary/aromatic N) is 1. The molecule has 1 unspecified atom stereocenters. The number of amides is 1. The quantitative estimate of drug-likeness (QED) is 0.781. The van der Waals surface area contributed by atoms with E-state index in [9.17, 15) is 9.59 Å². The first-order valence-electron chi connectivity index (χ1n) is 9.13. The third-order valence-electron chi connectivity index (χ3n) is 4.71. The maximum atomic E-state index is 12.4. The van der Waals surface area contributed by atoms with E-state index in [1.165, 1.54) is 5.56 Å². The first-order valence-corrected chi connectivity index (χ1v) is 9.13. The van der Waals surface area contributed by atoms with Crippen molar-refractivity contribution in [3.8, 4) is 0 Å². The Kier molecular flexibility index (Phi) is 6.98. The molecule has 1 aromatic carbocycles. The van der Waals surface area contributed by atoms with Gasteiger partial charge in [-0.2, -0.15) is 0 Å². The maximum absolute atomic E-state index is 12.4. The number of piperidine rings is 1. The molecule has 1 aromatic rings. The van der Waals surface area contributed by atoms with Crippen LogP contribution in [0, 0.1) is 5.92 Å². The number of benzene rings is 1. The van der Waals surface area contributed by atoms with E-state index in [1.54, 1.807) is 0 Å². The van der Waals surface area contributed by atoms with E-state index in [4.69, 9.17) is 5.73 Å². The van der Waals surface area contributed by atoms with Gasteiger partial charge in [0, 0.05) is 37.5 Å². The van der Waals surface area contributed by atoms with Crippen molar-refractivity contribution in [2.45, 2.75) is 58.4 Å². The summed E-state index contributed by atoms with van der Waals surface area (Å²) >= 11 is 0. The lowest BCUT2D eigenvalue weighted by molar-refractivity contribution is -0.134. The van der Waals surface area contributed by atoms with E-state index < -0.39 is 0 Å². The summed E-state index contributed by atoms with van der Waals surface area (Å²) in [5, 5.41) is 0. The molecule has 24 heavy (non-hydrogen) atoms. The molecular weight excluding hydrogens is 300 g/mol. The summed E-state index contributed by atoms with van der Waals surface area (Å²) in [7, 11) is 0. The van der Waals surface area contributed by atoms with Crippen molar-refractivity contribution < 1.29 is 9.59 Å². The Bertz CT molecular complexity index is 551. The van der Waals surface area contributed by atoms with Crippen LogP contribution in [-0.4, -0.2) is 35.7 Å². The fourth-order valence-corrected chi connectivity index (χ4v) is 3.38. The summed E-state index contributed by atoms with van der Waals surface area (Å²) in [5.41, 5.74) is 7.71. The van der Waals surface area contributed by atoms with Crippen LogP contribution in [0.2, 0.25) is 0 Å². The molecular formula is C20H30N2O2. The minimum Gasteiger partial charge on any atom is -0.338 e. The largest absolute Gasteiger partial charge is 0.338 e. The van der Waals surface area contributed by atoms with Gasteiger partial charge in [0.25, 0.3) is 0 Å². The maximum Gasteiger partial charge on any atom is 0.223 e. The van der Waals surface area contributed by atoms with Crippen molar-refractivity contribution in [1.82, 2.24) is 4.90 Å². The summed E-state index contributed by atoms with van der Waals surface area (Å²) in [6, 6.07) is 7.95. The molecule has 0 spiro atoms. The van der Waals surface area contributed by atoms with E-state index in [2.05, 4.69) is 13.8 Å². The average molecular weight is 330 g/mol. The molecule has 1 aliphatic rings. The van der Waals surface area contributed by atoms with E-state index in [0.717, 1.165) is 32.2 Å². The zero-order valence-electron chi connectivity index (χ0n) is 15.0. The lowest BCUT2D eigenvalue weighted by Crippen LogP contribution is -2.47. The second kappa shape index (κ2) is 8.97. The molecule has 0 aliphatic carbocycles. The Morgan fingerprint density at radius 3 is 2.50 bits per heavy atom. The highest BCUT2D eigenvalue weighted by atomic mass is 16.2. The minimum absolute atomic E-state index is 0.0424. The van der Waals surface area contributed by atoms with Gasteiger partial charge in [-0.15, -0.1) is 0 Å². The standard InChI is InChI=1S/C20H30N2O2/c1-15(2)13-16-6-8-17(9-7-16)19(23)10-11-20(24)22-12-4-3-5-18(22)14-21/h6-9,15,18H,3-5,10-14,21H2,1-2H3. The van der Waals surface area contributed by atoms with Gasteiger partial charge in [-0.25, -0.2) is 0 Å². The van der Waals surface area contributed by atoms with Gasteiger partial charge >= 0.3 is 0 Å². The first kappa shape index (κ1) is 18.7. The number of likely N-dealkylation sites (tertiary alicyclic amines) is 1. The lowest BCUT2D eigenvalue weighted by atomic mass is 9.98. The number of nitrogens with two attached hydrogens (primary N) is 1. The van der Waals surface area contributed by atoms with Crippen molar-refractivity contribution in [3.05, 3.63) is 35.4 Å². The van der Waals surface area contributed by atoms with E-state index in [-0.39, 0.29) is 30.6 Å². The Labute approximate surface area is 145 Å². The second-order valence-corrected chi connectivity index (χ2v) is 7.19. The predicted molar refractivity (Wildman–Crippen MR) is 97.0 cm³/mol. The van der Waals surface area contributed by atoms with Crippen LogP contribution in [0.3, 0.4) is 0 Å². The molecule has 4 nitrogen and oxygen atoms in total. The molecule has 1 aliphatic heterocycles. The van der Waals surface area contributed by atoms with Crippen LogP contribution in [-0.2, 0) is 11.2 Å². The van der Waals surface area contributed by atoms with Crippen LogP contribution >= 0.6 is 0 Å². The zero-order chi connectivity index (χ0) is 17.5. The van der Waals surface area contributed by atoms with Crippen LogP contribution in [0.4, 0.5) is 0 Å². The van der Waals surface area contributed by atoms with Crippen molar-refractivity contribution >= 4 is 11.7 Å². The molecule has 0 bridgehead atoms. The van der Waals surface area contributed by atoms with Crippen molar-refractivity contribution in [2.75, 3.05) is 13.1 Å². The van der Waals surface area contributed by atoms with Gasteiger partial charge in [-0.1, -0.05) is 38.1 Å². The molecule has 0 aromatic heterocycles. The highest BCUT2D eigenvalue weighted by Crippen LogP contribution is 2.18. The molecule has 1 atom stereocenters. The van der Waals surface area contributed by atoms with Crippen LogP contribution in [0.15, 0.2) is 24.3 Å².